The summed E-state index contributed by atoms with van der Waals surface area (Å²) < 4.78 is 4.97. The van der Waals surface area contributed by atoms with Crippen LogP contribution >= 0.6 is 0 Å². The molecule has 0 fully saturated rings. The van der Waals surface area contributed by atoms with Crippen LogP contribution in [-0.4, -0.2) is 13.1 Å². The fourth-order valence-corrected chi connectivity index (χ4v) is 1.13. The van der Waals surface area contributed by atoms with Crippen molar-refractivity contribution in [1.29, 1.82) is 0 Å². The van der Waals surface area contributed by atoms with Crippen LogP contribution in [0.2, 0.25) is 0 Å². The first kappa shape index (κ1) is 9.85. The Hall–Kier alpha value is -1.24. The number of nitrogens with one attached hydrogen (secondary N) is 1. The van der Waals surface area contributed by atoms with E-state index in [1.54, 1.807) is 12.5 Å². The van der Waals surface area contributed by atoms with Gasteiger partial charge >= 0.3 is 0 Å². The lowest BCUT2D eigenvalue weighted by Crippen LogP contribution is -2.28. The number of nitrogens with two attached hydrogens (primary N) is 1. The van der Waals surface area contributed by atoms with E-state index in [0.717, 1.165) is 12.1 Å². The fourth-order valence-electron chi connectivity index (χ4n) is 1.13. The lowest BCUT2D eigenvalue weighted by atomic mass is 10.1. The van der Waals surface area contributed by atoms with E-state index < -0.39 is 0 Å². The van der Waals surface area contributed by atoms with E-state index in [9.17, 15) is 0 Å². The van der Waals surface area contributed by atoms with Gasteiger partial charge in [0.2, 0.25) is 0 Å². The quantitative estimate of drug-likeness (QED) is 0.520. The van der Waals surface area contributed by atoms with Crippen LogP contribution in [-0.2, 0) is 0 Å². The summed E-state index contributed by atoms with van der Waals surface area (Å²) in [4.78, 5) is 0. The highest BCUT2D eigenvalue weighted by Crippen LogP contribution is 2.11. The molecule has 1 rings (SSSR count). The van der Waals surface area contributed by atoms with Crippen molar-refractivity contribution in [3.63, 3.8) is 0 Å². The number of terminal acetylenes is 1. The molecule has 1 atom stereocenters. The number of rotatable bonds is 5. The summed E-state index contributed by atoms with van der Waals surface area (Å²) in [5.41, 5.74) is 6.66. The molecule has 70 valence electrons. The Kier molecular flexibility index (Phi) is 4.10. The van der Waals surface area contributed by atoms with Gasteiger partial charge in [-0.1, -0.05) is 0 Å². The minimum absolute atomic E-state index is 0.145. The van der Waals surface area contributed by atoms with Crippen LogP contribution in [0.1, 0.15) is 18.0 Å². The number of hydrogen-bond donors (Lipinski definition) is 2. The van der Waals surface area contributed by atoms with Gasteiger partial charge in [0.1, 0.15) is 0 Å². The molecular weight excluding hydrogens is 164 g/mol. The molecule has 1 aromatic heterocycles. The average molecular weight is 178 g/mol. The second kappa shape index (κ2) is 5.41. The Morgan fingerprint density at radius 3 is 3.08 bits per heavy atom. The lowest BCUT2D eigenvalue weighted by Gasteiger charge is -2.13. The van der Waals surface area contributed by atoms with Gasteiger partial charge in [0.05, 0.1) is 12.5 Å². The molecule has 0 saturated carbocycles. The summed E-state index contributed by atoms with van der Waals surface area (Å²) in [5, 5.41) is 3.25. The van der Waals surface area contributed by atoms with E-state index in [4.69, 9.17) is 16.6 Å². The SMILES string of the molecule is C#CCCNC(CN)c1ccoc1. The fraction of sp³-hybridized carbons (Fsp3) is 0.400. The Morgan fingerprint density at radius 1 is 1.69 bits per heavy atom. The third kappa shape index (κ3) is 2.94. The van der Waals surface area contributed by atoms with E-state index in [1.807, 2.05) is 6.07 Å². The van der Waals surface area contributed by atoms with Crippen molar-refractivity contribution in [3.8, 4) is 12.3 Å². The predicted octanol–water partition coefficient (Wildman–Crippen LogP) is 0.892. The van der Waals surface area contributed by atoms with Gasteiger partial charge in [-0.3, -0.25) is 0 Å². The zero-order valence-electron chi connectivity index (χ0n) is 7.49. The monoisotopic (exact) mass is 178 g/mol. The van der Waals surface area contributed by atoms with Crippen LogP contribution in [0.15, 0.2) is 23.0 Å². The second-order valence-corrected chi connectivity index (χ2v) is 2.75. The van der Waals surface area contributed by atoms with Crippen LogP contribution in [0.25, 0.3) is 0 Å². The van der Waals surface area contributed by atoms with Crippen molar-refractivity contribution in [2.45, 2.75) is 12.5 Å². The summed E-state index contributed by atoms with van der Waals surface area (Å²) >= 11 is 0. The molecule has 1 heterocycles. The Morgan fingerprint density at radius 2 is 2.54 bits per heavy atom. The maximum Gasteiger partial charge on any atom is 0.0950 e. The van der Waals surface area contributed by atoms with Crippen molar-refractivity contribution in [3.05, 3.63) is 24.2 Å². The molecule has 1 unspecified atom stereocenters. The zero-order chi connectivity index (χ0) is 9.52. The normalized spacial score (nSPS) is 12.3. The molecule has 0 bridgehead atoms. The van der Waals surface area contributed by atoms with Crippen LogP contribution in [0.3, 0.4) is 0 Å². The summed E-state index contributed by atoms with van der Waals surface area (Å²) in [6.45, 7) is 1.33. The molecule has 0 saturated heterocycles. The maximum absolute atomic E-state index is 5.59. The lowest BCUT2D eigenvalue weighted by molar-refractivity contribution is 0.526. The Labute approximate surface area is 78.3 Å². The van der Waals surface area contributed by atoms with Crippen LogP contribution in [0.4, 0.5) is 0 Å². The van der Waals surface area contributed by atoms with Gasteiger partial charge in [-0.15, -0.1) is 12.3 Å². The summed E-state index contributed by atoms with van der Waals surface area (Å²) in [7, 11) is 0. The summed E-state index contributed by atoms with van der Waals surface area (Å²) in [6.07, 6.45) is 9.19. The van der Waals surface area contributed by atoms with Gasteiger partial charge in [0, 0.05) is 31.1 Å². The third-order valence-corrected chi connectivity index (χ3v) is 1.84. The largest absolute Gasteiger partial charge is 0.472 e. The Balaban J connectivity index is 2.41. The third-order valence-electron chi connectivity index (χ3n) is 1.84. The highest BCUT2D eigenvalue weighted by molar-refractivity contribution is 5.11. The van der Waals surface area contributed by atoms with Crippen molar-refractivity contribution in [2.75, 3.05) is 13.1 Å². The van der Waals surface area contributed by atoms with Crippen molar-refractivity contribution >= 4 is 0 Å². The molecule has 0 aliphatic carbocycles. The second-order valence-electron chi connectivity index (χ2n) is 2.75. The summed E-state index contributed by atoms with van der Waals surface area (Å²) in [6, 6.07) is 2.05. The van der Waals surface area contributed by atoms with E-state index in [2.05, 4.69) is 11.2 Å². The molecule has 3 N–H and O–H groups in total. The molecule has 3 nitrogen and oxygen atoms in total. The molecule has 13 heavy (non-hydrogen) atoms. The molecule has 0 aliphatic heterocycles. The topological polar surface area (TPSA) is 51.2 Å². The van der Waals surface area contributed by atoms with E-state index in [-0.39, 0.29) is 6.04 Å². The number of furan rings is 1. The van der Waals surface area contributed by atoms with Gasteiger partial charge in [-0.2, -0.15) is 0 Å². The van der Waals surface area contributed by atoms with Crippen LogP contribution < -0.4 is 11.1 Å². The minimum Gasteiger partial charge on any atom is -0.472 e. The first-order valence-electron chi connectivity index (χ1n) is 4.27. The maximum atomic E-state index is 5.59. The average Bonchev–Trinajstić information content (AvgIpc) is 2.65. The van der Waals surface area contributed by atoms with Crippen LogP contribution in [0, 0.1) is 12.3 Å². The molecular formula is C10H14N2O. The first-order chi connectivity index (χ1) is 6.38. The van der Waals surface area contributed by atoms with Crippen molar-refractivity contribution in [2.24, 2.45) is 5.73 Å². The van der Waals surface area contributed by atoms with E-state index >= 15 is 0 Å². The molecule has 0 radical (unpaired) electrons. The Bertz CT molecular complexity index is 261. The zero-order valence-corrected chi connectivity index (χ0v) is 7.49. The molecule has 1 aromatic rings. The van der Waals surface area contributed by atoms with E-state index in [0.29, 0.717) is 13.0 Å². The molecule has 0 aromatic carbocycles. The highest BCUT2D eigenvalue weighted by Gasteiger charge is 2.08. The molecule has 0 spiro atoms. The summed E-state index contributed by atoms with van der Waals surface area (Å²) in [5.74, 6) is 2.57. The predicted molar refractivity (Wildman–Crippen MR) is 52.0 cm³/mol. The van der Waals surface area contributed by atoms with Gasteiger partial charge in [-0.25, -0.2) is 0 Å². The highest BCUT2D eigenvalue weighted by atomic mass is 16.3. The molecule has 0 aliphatic rings. The van der Waals surface area contributed by atoms with Gasteiger partial charge in [0.15, 0.2) is 0 Å². The minimum atomic E-state index is 0.145. The van der Waals surface area contributed by atoms with Crippen LogP contribution in [0.5, 0.6) is 0 Å². The molecule has 0 amide bonds. The van der Waals surface area contributed by atoms with E-state index in [1.165, 1.54) is 0 Å². The smallest absolute Gasteiger partial charge is 0.0950 e. The number of hydrogen-bond acceptors (Lipinski definition) is 3. The van der Waals surface area contributed by atoms with Gasteiger partial charge < -0.3 is 15.5 Å². The standard InChI is InChI=1S/C10H14N2O/c1-2-3-5-12-10(7-11)9-4-6-13-8-9/h1,4,6,8,10,12H,3,5,7,11H2. The first-order valence-corrected chi connectivity index (χ1v) is 4.27. The van der Waals surface area contributed by atoms with Crippen molar-refractivity contribution < 1.29 is 4.42 Å². The van der Waals surface area contributed by atoms with Gasteiger partial charge in [0.25, 0.3) is 0 Å². The van der Waals surface area contributed by atoms with Crippen molar-refractivity contribution in [1.82, 2.24) is 5.32 Å². The molecule has 3 heteroatoms. The van der Waals surface area contributed by atoms with Gasteiger partial charge in [-0.05, 0) is 6.07 Å².